The molecule has 3 amide bonds. The van der Waals surface area contributed by atoms with Gasteiger partial charge in [-0.15, -0.1) is 0 Å². The molecular formula is C32H57N3O14. The molecule has 2 saturated heterocycles. The van der Waals surface area contributed by atoms with Crippen molar-refractivity contribution in [3.63, 3.8) is 0 Å². The molecule has 2 fully saturated rings. The number of carbonyl (C=O) groups is 4. The first kappa shape index (κ1) is 42.8. The third-order valence-corrected chi connectivity index (χ3v) is 8.67. The largest absolute Gasteiger partial charge is 0.394 e. The molecule has 0 radical (unpaired) electrons. The molecular weight excluding hydrogens is 650 g/mol. The molecule has 0 saturated carbocycles. The molecule has 284 valence electrons. The Hall–Kier alpha value is -2.32. The zero-order chi connectivity index (χ0) is 36.5. The highest BCUT2D eigenvalue weighted by molar-refractivity contribution is 5.87. The van der Waals surface area contributed by atoms with Gasteiger partial charge in [-0.25, -0.2) is 0 Å². The molecule has 49 heavy (non-hydrogen) atoms. The van der Waals surface area contributed by atoms with Gasteiger partial charge >= 0.3 is 0 Å². The van der Waals surface area contributed by atoms with Gasteiger partial charge in [0.1, 0.15) is 36.6 Å². The molecule has 0 aliphatic carbocycles. The number of carbonyl (C=O) groups excluding carboxylic acids is 4. The summed E-state index contributed by atoms with van der Waals surface area (Å²) in [6.07, 6.45) is -4.91. The maximum atomic E-state index is 12.5. The predicted octanol–water partition coefficient (Wildman–Crippen LogP) is -2.26. The fourth-order valence-electron chi connectivity index (χ4n) is 5.63. The summed E-state index contributed by atoms with van der Waals surface area (Å²) in [6.45, 7) is 4.16. The quantitative estimate of drug-likeness (QED) is 0.0538. The number of aliphatic hydroxyl groups is 6. The van der Waals surface area contributed by atoms with Crippen LogP contribution in [0.1, 0.15) is 78.6 Å². The lowest BCUT2D eigenvalue weighted by molar-refractivity contribution is -0.282. The lowest BCUT2D eigenvalue weighted by Crippen LogP contribution is -2.64. The second-order valence-corrected chi connectivity index (χ2v) is 12.7. The molecule has 0 spiro atoms. The standard InChI is InChI=1S/C32H57N3O14/c1-18-27(42)28(43)22(16-36)48-31(18)46-14-8-5-11-24(40)33-13-7-4-10-21(19(2)38)35-25(41)12-6-9-15-47-32-26(34-20(3)39)30(45)29(44)23(17-37)49-32/h18,21-23,26-32,36-37,42-45H,4-17H2,1-3H3,(H,33,40)(H,34,39)(H,35,41)/t18?,21-,22?,23?,26?,27?,28?,29?,30?,31?,32?/m0/s1. The van der Waals surface area contributed by atoms with E-state index in [0.29, 0.717) is 57.9 Å². The van der Waals surface area contributed by atoms with Crippen LogP contribution in [0.2, 0.25) is 0 Å². The lowest BCUT2D eigenvalue weighted by Gasteiger charge is -2.42. The van der Waals surface area contributed by atoms with Crippen LogP contribution >= 0.6 is 0 Å². The van der Waals surface area contributed by atoms with Gasteiger partial charge in [0.2, 0.25) is 17.7 Å². The second-order valence-electron chi connectivity index (χ2n) is 12.7. The van der Waals surface area contributed by atoms with Crippen molar-refractivity contribution in [2.45, 2.75) is 140 Å². The van der Waals surface area contributed by atoms with Crippen molar-refractivity contribution in [3.05, 3.63) is 0 Å². The third kappa shape index (κ3) is 14.4. The lowest BCUT2D eigenvalue weighted by atomic mass is 9.92. The number of aliphatic hydroxyl groups excluding tert-OH is 6. The fourth-order valence-corrected chi connectivity index (χ4v) is 5.63. The van der Waals surface area contributed by atoms with E-state index >= 15 is 0 Å². The minimum Gasteiger partial charge on any atom is -0.394 e. The minimum absolute atomic E-state index is 0.113. The van der Waals surface area contributed by atoms with Crippen molar-refractivity contribution in [3.8, 4) is 0 Å². The number of ether oxygens (including phenoxy) is 4. The maximum absolute atomic E-state index is 12.5. The van der Waals surface area contributed by atoms with E-state index in [1.54, 1.807) is 6.92 Å². The molecule has 2 heterocycles. The highest BCUT2D eigenvalue weighted by Crippen LogP contribution is 2.27. The number of ketones is 1. The van der Waals surface area contributed by atoms with Crippen LogP contribution in [0.15, 0.2) is 0 Å². The van der Waals surface area contributed by atoms with Gasteiger partial charge in [-0.2, -0.15) is 0 Å². The van der Waals surface area contributed by atoms with E-state index in [-0.39, 0.29) is 37.2 Å². The Morgan fingerprint density at radius 1 is 0.714 bits per heavy atom. The Labute approximate surface area is 287 Å². The van der Waals surface area contributed by atoms with Gasteiger partial charge < -0.3 is 65.5 Å². The number of rotatable bonds is 22. The highest BCUT2D eigenvalue weighted by Gasteiger charge is 2.45. The summed E-state index contributed by atoms with van der Waals surface area (Å²) in [6, 6.07) is -1.69. The van der Waals surface area contributed by atoms with Crippen LogP contribution in [0.4, 0.5) is 0 Å². The van der Waals surface area contributed by atoms with Crippen molar-refractivity contribution >= 4 is 23.5 Å². The molecule has 2 rings (SSSR count). The number of hydrogen-bond acceptors (Lipinski definition) is 14. The van der Waals surface area contributed by atoms with E-state index in [4.69, 9.17) is 18.9 Å². The summed E-state index contributed by atoms with van der Waals surface area (Å²) < 4.78 is 22.3. The van der Waals surface area contributed by atoms with Crippen LogP contribution in [0.5, 0.6) is 0 Å². The summed E-state index contributed by atoms with van der Waals surface area (Å²) in [7, 11) is 0. The summed E-state index contributed by atoms with van der Waals surface area (Å²) >= 11 is 0. The van der Waals surface area contributed by atoms with Gasteiger partial charge in [-0.3, -0.25) is 19.2 Å². The zero-order valence-corrected chi connectivity index (χ0v) is 28.7. The fraction of sp³-hybridized carbons (Fsp3) is 0.875. The van der Waals surface area contributed by atoms with Crippen molar-refractivity contribution in [1.82, 2.24) is 16.0 Å². The number of Topliss-reactive ketones (excluding diaryl/α,β-unsaturated/α-hetero) is 1. The van der Waals surface area contributed by atoms with Gasteiger partial charge in [-0.1, -0.05) is 6.92 Å². The summed E-state index contributed by atoms with van der Waals surface area (Å²) in [4.78, 5) is 48.3. The molecule has 10 unspecified atom stereocenters. The molecule has 0 aromatic heterocycles. The van der Waals surface area contributed by atoms with Gasteiger partial charge in [0.15, 0.2) is 18.4 Å². The Bertz CT molecular complexity index is 1020. The molecule has 0 bridgehead atoms. The minimum atomic E-state index is -1.41. The molecule has 0 aromatic carbocycles. The Morgan fingerprint density at radius 3 is 1.84 bits per heavy atom. The normalized spacial score (nSPS) is 30.7. The first-order valence-corrected chi connectivity index (χ1v) is 17.1. The number of hydrogen-bond donors (Lipinski definition) is 9. The summed E-state index contributed by atoms with van der Waals surface area (Å²) in [5, 5.41) is 67.2. The van der Waals surface area contributed by atoms with E-state index in [2.05, 4.69) is 16.0 Å². The third-order valence-electron chi connectivity index (χ3n) is 8.67. The molecule has 11 atom stereocenters. The SMILES string of the molecule is CC(=O)NC1C(OCCCCC(=O)N[C@@H](CCCCNC(=O)CCCCOC2OC(CO)C(O)C(O)C2C)C(C)=O)OC(CO)C(O)C1O. The van der Waals surface area contributed by atoms with Crippen molar-refractivity contribution in [1.29, 1.82) is 0 Å². The number of unbranched alkanes of at least 4 members (excludes halogenated alkanes) is 3. The zero-order valence-electron chi connectivity index (χ0n) is 28.7. The smallest absolute Gasteiger partial charge is 0.220 e. The van der Waals surface area contributed by atoms with E-state index < -0.39 is 86.3 Å². The first-order valence-electron chi connectivity index (χ1n) is 17.1. The molecule has 2 aliphatic heterocycles. The molecule has 17 nitrogen and oxygen atoms in total. The van der Waals surface area contributed by atoms with Crippen LogP contribution in [0.25, 0.3) is 0 Å². The average Bonchev–Trinajstić information content (AvgIpc) is 3.06. The predicted molar refractivity (Wildman–Crippen MR) is 171 cm³/mol. The monoisotopic (exact) mass is 707 g/mol. The van der Waals surface area contributed by atoms with Crippen LogP contribution < -0.4 is 16.0 Å². The van der Waals surface area contributed by atoms with Crippen LogP contribution in [-0.4, -0.2) is 148 Å². The van der Waals surface area contributed by atoms with Gasteiger partial charge in [0.05, 0.1) is 25.4 Å². The topological polar surface area (TPSA) is 263 Å². The highest BCUT2D eigenvalue weighted by atomic mass is 16.7. The average molecular weight is 708 g/mol. The van der Waals surface area contributed by atoms with Gasteiger partial charge in [0, 0.05) is 45.4 Å². The first-order chi connectivity index (χ1) is 23.3. The Morgan fingerprint density at radius 2 is 1.27 bits per heavy atom. The maximum Gasteiger partial charge on any atom is 0.220 e. The Kier molecular flexibility index (Phi) is 19.7. The van der Waals surface area contributed by atoms with E-state index in [9.17, 15) is 49.8 Å². The van der Waals surface area contributed by atoms with Crippen molar-refractivity contribution in [2.24, 2.45) is 5.92 Å². The molecule has 2 aliphatic rings. The van der Waals surface area contributed by atoms with Crippen LogP contribution in [-0.2, 0) is 38.1 Å². The molecule has 9 N–H and O–H groups in total. The van der Waals surface area contributed by atoms with Crippen LogP contribution in [0.3, 0.4) is 0 Å². The van der Waals surface area contributed by atoms with E-state index in [1.165, 1.54) is 13.8 Å². The van der Waals surface area contributed by atoms with Crippen LogP contribution in [0, 0.1) is 5.92 Å². The van der Waals surface area contributed by atoms with E-state index in [0.717, 1.165) is 0 Å². The van der Waals surface area contributed by atoms with E-state index in [1.807, 2.05) is 0 Å². The van der Waals surface area contributed by atoms with Crippen molar-refractivity contribution in [2.75, 3.05) is 33.0 Å². The Balaban J connectivity index is 1.57. The van der Waals surface area contributed by atoms with Gasteiger partial charge in [-0.05, 0) is 51.9 Å². The number of nitrogens with one attached hydrogen (secondary N) is 3. The molecule has 17 heteroatoms. The summed E-state index contributed by atoms with van der Waals surface area (Å²) in [5.74, 6) is -1.53. The molecule has 0 aromatic rings. The van der Waals surface area contributed by atoms with Gasteiger partial charge in [0.25, 0.3) is 0 Å². The van der Waals surface area contributed by atoms with Crippen molar-refractivity contribution < 1.29 is 68.8 Å². The second kappa shape index (κ2) is 22.5. The summed E-state index contributed by atoms with van der Waals surface area (Å²) in [5.41, 5.74) is 0. The number of amides is 3.